The minimum Gasteiger partial charge on any atom is -0.492 e. The van der Waals surface area contributed by atoms with E-state index in [4.69, 9.17) is 4.74 Å². The Bertz CT molecular complexity index is 769. The fourth-order valence-corrected chi connectivity index (χ4v) is 4.39. The van der Waals surface area contributed by atoms with Crippen LogP contribution in [0.3, 0.4) is 0 Å². The van der Waals surface area contributed by atoms with Crippen LogP contribution in [0, 0.1) is 13.8 Å². The largest absolute Gasteiger partial charge is 0.492 e. The Hall–Kier alpha value is -1.94. The molecule has 2 unspecified atom stereocenters. The van der Waals surface area contributed by atoms with Gasteiger partial charge in [-0.1, -0.05) is 0 Å². The molecule has 0 aliphatic carbocycles. The molecule has 2 aliphatic rings. The lowest BCUT2D eigenvalue weighted by Gasteiger charge is -2.37. The Morgan fingerprint density at radius 1 is 1.15 bits per heavy atom. The third kappa shape index (κ3) is 3.61. The van der Waals surface area contributed by atoms with Crippen LogP contribution in [0.5, 0.6) is 5.75 Å². The SMILES string of the molecule is Cc1cc(C2CCCN(C(C)c3cnc4c(c3)OCCC4)C2)cc(C)n1. The van der Waals surface area contributed by atoms with Crippen molar-refractivity contribution in [2.24, 2.45) is 0 Å². The highest BCUT2D eigenvalue weighted by molar-refractivity contribution is 5.34. The van der Waals surface area contributed by atoms with Gasteiger partial charge in [0, 0.05) is 30.2 Å². The average molecular weight is 351 g/mol. The van der Waals surface area contributed by atoms with Crippen molar-refractivity contribution in [3.8, 4) is 5.75 Å². The average Bonchev–Trinajstić information content (AvgIpc) is 2.66. The topological polar surface area (TPSA) is 38.2 Å². The van der Waals surface area contributed by atoms with Crippen molar-refractivity contribution < 1.29 is 4.74 Å². The molecule has 0 amide bonds. The van der Waals surface area contributed by atoms with Gasteiger partial charge in [0.2, 0.25) is 0 Å². The van der Waals surface area contributed by atoms with Crippen LogP contribution in [-0.2, 0) is 6.42 Å². The number of likely N-dealkylation sites (tertiary alicyclic amines) is 1. The van der Waals surface area contributed by atoms with E-state index in [0.717, 1.165) is 55.4 Å². The summed E-state index contributed by atoms with van der Waals surface area (Å²) in [5, 5.41) is 0. The second kappa shape index (κ2) is 7.36. The van der Waals surface area contributed by atoms with Crippen LogP contribution < -0.4 is 4.74 Å². The van der Waals surface area contributed by atoms with Crippen molar-refractivity contribution >= 4 is 0 Å². The molecule has 4 heteroatoms. The Morgan fingerprint density at radius 3 is 2.77 bits per heavy atom. The molecule has 138 valence electrons. The van der Waals surface area contributed by atoms with E-state index in [1.807, 2.05) is 0 Å². The van der Waals surface area contributed by atoms with Gasteiger partial charge >= 0.3 is 0 Å². The maximum Gasteiger partial charge on any atom is 0.141 e. The molecule has 0 saturated carbocycles. The minimum atomic E-state index is 0.366. The van der Waals surface area contributed by atoms with E-state index in [2.05, 4.69) is 60.0 Å². The van der Waals surface area contributed by atoms with Crippen LogP contribution in [0.15, 0.2) is 24.4 Å². The first-order valence-electron chi connectivity index (χ1n) is 9.91. The molecule has 2 aromatic rings. The van der Waals surface area contributed by atoms with E-state index in [-0.39, 0.29) is 0 Å². The molecule has 26 heavy (non-hydrogen) atoms. The summed E-state index contributed by atoms with van der Waals surface area (Å²) in [4.78, 5) is 11.8. The molecule has 4 nitrogen and oxygen atoms in total. The Labute approximate surface area is 156 Å². The van der Waals surface area contributed by atoms with Gasteiger partial charge in [-0.25, -0.2) is 0 Å². The zero-order valence-electron chi connectivity index (χ0n) is 16.2. The number of aryl methyl sites for hydroxylation is 3. The van der Waals surface area contributed by atoms with Gasteiger partial charge in [0.25, 0.3) is 0 Å². The number of rotatable bonds is 3. The van der Waals surface area contributed by atoms with Gasteiger partial charge in [-0.2, -0.15) is 0 Å². The lowest BCUT2D eigenvalue weighted by molar-refractivity contribution is 0.157. The second-order valence-electron chi connectivity index (χ2n) is 7.86. The number of hydrogen-bond acceptors (Lipinski definition) is 4. The number of aromatic nitrogens is 2. The van der Waals surface area contributed by atoms with Crippen LogP contribution in [0.2, 0.25) is 0 Å². The Balaban J connectivity index is 1.52. The number of fused-ring (bicyclic) bond motifs is 1. The molecular weight excluding hydrogens is 322 g/mol. The highest BCUT2D eigenvalue weighted by Crippen LogP contribution is 2.34. The first kappa shape index (κ1) is 17.5. The van der Waals surface area contributed by atoms with E-state index in [1.54, 1.807) is 0 Å². The third-order valence-electron chi connectivity index (χ3n) is 5.83. The van der Waals surface area contributed by atoms with Gasteiger partial charge in [0.1, 0.15) is 5.75 Å². The van der Waals surface area contributed by atoms with Crippen molar-refractivity contribution in [3.63, 3.8) is 0 Å². The molecule has 2 aromatic heterocycles. The van der Waals surface area contributed by atoms with E-state index in [9.17, 15) is 0 Å². The van der Waals surface area contributed by atoms with Crippen LogP contribution in [0.4, 0.5) is 0 Å². The van der Waals surface area contributed by atoms with Gasteiger partial charge in [0.05, 0.1) is 12.3 Å². The smallest absolute Gasteiger partial charge is 0.141 e. The summed E-state index contributed by atoms with van der Waals surface area (Å²) >= 11 is 0. The fraction of sp³-hybridized carbons (Fsp3) is 0.545. The summed E-state index contributed by atoms with van der Waals surface area (Å²) in [6, 6.07) is 7.11. The van der Waals surface area contributed by atoms with E-state index >= 15 is 0 Å². The normalized spacial score (nSPS) is 21.7. The Morgan fingerprint density at radius 2 is 1.96 bits per heavy atom. The zero-order chi connectivity index (χ0) is 18.1. The molecule has 0 bridgehead atoms. The molecule has 1 fully saturated rings. The molecule has 1 saturated heterocycles. The lowest BCUT2D eigenvalue weighted by atomic mass is 9.89. The van der Waals surface area contributed by atoms with Crippen molar-refractivity contribution in [1.29, 1.82) is 0 Å². The van der Waals surface area contributed by atoms with Crippen LogP contribution in [0.1, 0.15) is 66.4 Å². The molecule has 0 radical (unpaired) electrons. The predicted molar refractivity (Wildman–Crippen MR) is 104 cm³/mol. The zero-order valence-corrected chi connectivity index (χ0v) is 16.2. The number of ether oxygens (including phenoxy) is 1. The molecular formula is C22H29N3O. The van der Waals surface area contributed by atoms with Gasteiger partial charge in [-0.15, -0.1) is 0 Å². The standard InChI is InChI=1S/C22H29N3O/c1-15-10-19(11-16(2)24-15)18-6-4-8-25(14-18)17(3)20-12-22-21(23-13-20)7-5-9-26-22/h10-13,17-18H,4-9,14H2,1-3H3. The number of hydrogen-bond donors (Lipinski definition) is 0. The summed E-state index contributed by atoms with van der Waals surface area (Å²) in [5.74, 6) is 1.59. The van der Waals surface area contributed by atoms with Crippen molar-refractivity contribution in [2.45, 2.75) is 58.4 Å². The number of nitrogens with zero attached hydrogens (tertiary/aromatic N) is 3. The lowest BCUT2D eigenvalue weighted by Crippen LogP contribution is -2.36. The summed E-state index contributed by atoms with van der Waals surface area (Å²) in [6.07, 6.45) is 6.68. The Kier molecular flexibility index (Phi) is 4.94. The van der Waals surface area contributed by atoms with Gasteiger partial charge in [0.15, 0.2) is 0 Å². The predicted octanol–water partition coefficient (Wildman–Crippen LogP) is 4.36. The molecule has 2 atom stereocenters. The highest BCUT2D eigenvalue weighted by atomic mass is 16.5. The molecule has 2 aliphatic heterocycles. The minimum absolute atomic E-state index is 0.366. The van der Waals surface area contributed by atoms with Crippen LogP contribution in [-0.4, -0.2) is 34.6 Å². The fourth-order valence-electron chi connectivity index (χ4n) is 4.39. The molecule has 0 N–H and O–H groups in total. The van der Waals surface area contributed by atoms with E-state index in [1.165, 1.54) is 24.0 Å². The van der Waals surface area contributed by atoms with Crippen LogP contribution >= 0.6 is 0 Å². The summed E-state index contributed by atoms with van der Waals surface area (Å²) in [7, 11) is 0. The maximum absolute atomic E-state index is 5.83. The van der Waals surface area contributed by atoms with E-state index in [0.29, 0.717) is 12.0 Å². The quantitative estimate of drug-likeness (QED) is 0.823. The van der Waals surface area contributed by atoms with E-state index < -0.39 is 0 Å². The van der Waals surface area contributed by atoms with Crippen LogP contribution in [0.25, 0.3) is 0 Å². The van der Waals surface area contributed by atoms with Crippen molar-refractivity contribution in [2.75, 3.05) is 19.7 Å². The third-order valence-corrected chi connectivity index (χ3v) is 5.83. The van der Waals surface area contributed by atoms with Crippen molar-refractivity contribution in [1.82, 2.24) is 14.9 Å². The van der Waals surface area contributed by atoms with Crippen molar-refractivity contribution in [3.05, 3.63) is 52.6 Å². The highest BCUT2D eigenvalue weighted by Gasteiger charge is 2.26. The number of pyridine rings is 2. The van der Waals surface area contributed by atoms with Gasteiger partial charge < -0.3 is 4.74 Å². The molecule has 0 aromatic carbocycles. The molecule has 4 rings (SSSR count). The molecule has 0 spiro atoms. The summed E-state index contributed by atoms with van der Waals surface area (Å²) in [6.45, 7) is 9.56. The maximum atomic E-state index is 5.83. The monoisotopic (exact) mass is 351 g/mol. The molecule has 4 heterocycles. The second-order valence-corrected chi connectivity index (χ2v) is 7.86. The number of piperidine rings is 1. The van der Waals surface area contributed by atoms with Gasteiger partial charge in [-0.3, -0.25) is 14.9 Å². The first-order chi connectivity index (χ1) is 12.6. The van der Waals surface area contributed by atoms with Gasteiger partial charge in [-0.05, 0) is 88.2 Å². The first-order valence-corrected chi connectivity index (χ1v) is 9.91. The summed E-state index contributed by atoms with van der Waals surface area (Å²) in [5.41, 5.74) is 6.08. The summed E-state index contributed by atoms with van der Waals surface area (Å²) < 4.78 is 5.83.